The summed E-state index contributed by atoms with van der Waals surface area (Å²) in [5, 5.41) is 42.4. The van der Waals surface area contributed by atoms with Gasteiger partial charge < -0.3 is 25.5 Å². The lowest BCUT2D eigenvalue weighted by Gasteiger charge is -2.18. The molecular weight excluding hydrogens is 262 g/mol. The van der Waals surface area contributed by atoms with Crippen LogP contribution in [0.4, 0.5) is 0 Å². The predicted octanol–water partition coefficient (Wildman–Crippen LogP) is -1.36. The summed E-state index contributed by atoms with van der Waals surface area (Å²) in [5.74, 6) is -5.02. The second-order valence-corrected chi connectivity index (χ2v) is 4.07. The fraction of sp³-hybridized carbons (Fsp3) is 0.700. The van der Waals surface area contributed by atoms with Gasteiger partial charge in [0.15, 0.2) is 5.60 Å². The molecule has 9 heteroatoms. The highest BCUT2D eigenvalue weighted by Crippen LogP contribution is 2.15. The van der Waals surface area contributed by atoms with E-state index in [0.29, 0.717) is 0 Å². The van der Waals surface area contributed by atoms with Gasteiger partial charge in [-0.3, -0.25) is 14.5 Å². The van der Waals surface area contributed by atoms with E-state index in [0.717, 1.165) is 0 Å². The molecule has 112 valence electrons. The van der Waals surface area contributed by atoms with Crippen LogP contribution in [-0.2, 0) is 14.4 Å². The summed E-state index contributed by atoms with van der Waals surface area (Å²) in [6, 6.07) is 0. The molecule has 0 aliphatic heterocycles. The Hall–Kier alpha value is -1.71. The lowest BCUT2D eigenvalue weighted by Crippen LogP contribution is -2.42. The number of hydrogen-bond acceptors (Lipinski definition) is 6. The number of rotatable bonds is 6. The number of carboxylic acid groups (broad SMARTS) is 3. The van der Waals surface area contributed by atoms with E-state index < -0.39 is 36.4 Å². The van der Waals surface area contributed by atoms with E-state index in [1.165, 1.54) is 0 Å². The highest BCUT2D eigenvalue weighted by atomic mass is 16.4. The highest BCUT2D eigenvalue weighted by molar-refractivity contribution is 5.88. The Morgan fingerprint density at radius 2 is 1.32 bits per heavy atom. The molecule has 0 heterocycles. The van der Waals surface area contributed by atoms with Crippen LogP contribution in [0.1, 0.15) is 19.8 Å². The number of hydrogen-bond donors (Lipinski definition) is 5. The van der Waals surface area contributed by atoms with Crippen molar-refractivity contribution in [2.75, 3.05) is 14.1 Å². The predicted molar refractivity (Wildman–Crippen MR) is 62.5 cm³/mol. The van der Waals surface area contributed by atoms with E-state index in [1.54, 1.807) is 11.8 Å². The summed E-state index contributed by atoms with van der Waals surface area (Å²) in [6.45, 7) is 1.72. The summed E-state index contributed by atoms with van der Waals surface area (Å²) in [6.07, 6.45) is -2.60. The third kappa shape index (κ3) is 9.94. The van der Waals surface area contributed by atoms with Crippen LogP contribution in [0.3, 0.4) is 0 Å². The third-order valence-electron chi connectivity index (χ3n) is 2.03. The van der Waals surface area contributed by atoms with Gasteiger partial charge in [-0.05, 0) is 21.0 Å². The molecule has 0 aromatic carbocycles. The highest BCUT2D eigenvalue weighted by Gasteiger charge is 2.40. The lowest BCUT2D eigenvalue weighted by molar-refractivity contribution is -0.170. The van der Waals surface area contributed by atoms with Gasteiger partial charge >= 0.3 is 17.9 Å². The maximum Gasteiger partial charge on any atom is 0.336 e. The van der Waals surface area contributed by atoms with Gasteiger partial charge in [-0.1, -0.05) is 0 Å². The molecule has 5 N–H and O–H groups in total. The van der Waals surface area contributed by atoms with Crippen LogP contribution in [0, 0.1) is 0 Å². The molecule has 0 radical (unpaired) electrons. The number of aliphatic hydroxyl groups is 2. The Kier molecular flexibility index (Phi) is 8.68. The first kappa shape index (κ1) is 19.6. The fourth-order valence-corrected chi connectivity index (χ4v) is 0.714. The topological polar surface area (TPSA) is 156 Å². The van der Waals surface area contributed by atoms with Crippen LogP contribution in [0.5, 0.6) is 0 Å². The minimum Gasteiger partial charge on any atom is -0.481 e. The van der Waals surface area contributed by atoms with Crippen LogP contribution < -0.4 is 0 Å². The van der Waals surface area contributed by atoms with Crippen molar-refractivity contribution in [3.05, 3.63) is 0 Å². The summed E-state index contributed by atoms with van der Waals surface area (Å²) >= 11 is 0. The Morgan fingerprint density at radius 3 is 1.42 bits per heavy atom. The first-order chi connectivity index (χ1) is 8.42. The summed E-state index contributed by atoms with van der Waals surface area (Å²) in [4.78, 5) is 32.2. The molecule has 1 unspecified atom stereocenters. The molecular formula is C10H19NO8. The Morgan fingerprint density at radius 1 is 1.05 bits per heavy atom. The number of aliphatic hydroxyl groups excluding tert-OH is 1. The number of carboxylic acids is 3. The van der Waals surface area contributed by atoms with Gasteiger partial charge in [-0.2, -0.15) is 0 Å². The molecule has 1 atom stereocenters. The largest absolute Gasteiger partial charge is 0.481 e. The molecule has 0 spiro atoms. The van der Waals surface area contributed by atoms with Gasteiger partial charge in [0.1, 0.15) is 6.23 Å². The molecule has 19 heavy (non-hydrogen) atoms. The van der Waals surface area contributed by atoms with Gasteiger partial charge in [-0.25, -0.2) is 4.79 Å². The smallest absolute Gasteiger partial charge is 0.336 e. The van der Waals surface area contributed by atoms with Crippen LogP contribution in [0.15, 0.2) is 0 Å². The molecule has 0 aromatic heterocycles. The summed E-state index contributed by atoms with van der Waals surface area (Å²) < 4.78 is 0. The van der Waals surface area contributed by atoms with Crippen molar-refractivity contribution < 1.29 is 39.9 Å². The number of carbonyl (C=O) groups is 3. The Bertz CT molecular complexity index is 303. The van der Waals surface area contributed by atoms with E-state index in [4.69, 9.17) is 25.5 Å². The van der Waals surface area contributed by atoms with Crippen molar-refractivity contribution in [3.8, 4) is 0 Å². The Balaban J connectivity index is 0. The summed E-state index contributed by atoms with van der Waals surface area (Å²) in [7, 11) is 3.65. The molecule has 9 nitrogen and oxygen atoms in total. The molecule has 0 saturated heterocycles. The van der Waals surface area contributed by atoms with E-state index in [1.807, 2.05) is 14.1 Å². The van der Waals surface area contributed by atoms with Crippen molar-refractivity contribution in [1.82, 2.24) is 4.90 Å². The average Bonchev–Trinajstić information content (AvgIpc) is 2.14. The molecule has 0 rings (SSSR count). The second-order valence-electron chi connectivity index (χ2n) is 4.07. The van der Waals surface area contributed by atoms with Crippen molar-refractivity contribution in [1.29, 1.82) is 0 Å². The first-order valence-electron chi connectivity index (χ1n) is 5.16. The monoisotopic (exact) mass is 281 g/mol. The molecule has 0 fully saturated rings. The van der Waals surface area contributed by atoms with Crippen LogP contribution >= 0.6 is 0 Å². The molecule has 0 aromatic rings. The average molecular weight is 281 g/mol. The zero-order valence-corrected chi connectivity index (χ0v) is 10.9. The maximum absolute atomic E-state index is 10.3. The van der Waals surface area contributed by atoms with Crippen LogP contribution in [0.2, 0.25) is 0 Å². The SMILES string of the molecule is CC(O)N(C)C.O=C(O)CC(O)(CC(=O)O)C(=O)O. The normalized spacial score (nSPS) is 12.3. The van der Waals surface area contributed by atoms with E-state index in [9.17, 15) is 14.4 Å². The molecule has 0 amide bonds. The zero-order valence-electron chi connectivity index (χ0n) is 10.9. The van der Waals surface area contributed by atoms with E-state index in [-0.39, 0.29) is 6.23 Å². The van der Waals surface area contributed by atoms with Crippen LogP contribution in [-0.4, -0.2) is 74.3 Å². The molecule has 0 bridgehead atoms. The van der Waals surface area contributed by atoms with E-state index in [2.05, 4.69) is 0 Å². The van der Waals surface area contributed by atoms with Crippen LogP contribution in [0.25, 0.3) is 0 Å². The molecule has 0 aliphatic carbocycles. The van der Waals surface area contributed by atoms with Crippen molar-refractivity contribution >= 4 is 17.9 Å². The fourth-order valence-electron chi connectivity index (χ4n) is 0.714. The van der Waals surface area contributed by atoms with Crippen molar-refractivity contribution in [3.63, 3.8) is 0 Å². The first-order valence-corrected chi connectivity index (χ1v) is 5.16. The minimum atomic E-state index is -2.74. The van der Waals surface area contributed by atoms with Gasteiger partial charge in [0.25, 0.3) is 0 Å². The van der Waals surface area contributed by atoms with Crippen molar-refractivity contribution in [2.24, 2.45) is 0 Å². The number of aliphatic carboxylic acids is 3. The number of nitrogens with zero attached hydrogens (tertiary/aromatic N) is 1. The van der Waals surface area contributed by atoms with Gasteiger partial charge in [0.05, 0.1) is 12.8 Å². The minimum absolute atomic E-state index is 0.315. The van der Waals surface area contributed by atoms with Gasteiger partial charge in [0.2, 0.25) is 0 Å². The lowest BCUT2D eigenvalue weighted by atomic mass is 9.96. The maximum atomic E-state index is 10.3. The van der Waals surface area contributed by atoms with Gasteiger partial charge in [-0.15, -0.1) is 0 Å². The summed E-state index contributed by atoms with van der Waals surface area (Å²) in [5.41, 5.74) is -2.74. The quantitative estimate of drug-likeness (QED) is 0.371. The van der Waals surface area contributed by atoms with Crippen molar-refractivity contribution in [2.45, 2.75) is 31.6 Å². The standard InChI is InChI=1S/C6H8O7.C4H11NO/c7-3(8)1-6(13,5(11)12)2-4(9)10;1-4(6)5(2)3/h13H,1-2H2,(H,7,8)(H,9,10)(H,11,12);4,6H,1-3H3. The van der Waals surface area contributed by atoms with Gasteiger partial charge in [0, 0.05) is 0 Å². The zero-order chi connectivity index (χ0) is 15.8. The van der Waals surface area contributed by atoms with E-state index >= 15 is 0 Å². The third-order valence-corrected chi connectivity index (χ3v) is 2.03. The molecule has 0 saturated carbocycles. The second kappa shape index (κ2) is 8.40. The Labute approximate surface area is 109 Å². The molecule has 0 aliphatic rings.